The zero-order chi connectivity index (χ0) is 14.8. The van der Waals surface area contributed by atoms with Gasteiger partial charge in [0, 0.05) is 12.1 Å². The number of sulfonamides is 1. The fourth-order valence-electron chi connectivity index (χ4n) is 2.35. The summed E-state index contributed by atoms with van der Waals surface area (Å²) in [6, 6.07) is 4.71. The van der Waals surface area contributed by atoms with Crippen LogP contribution in [0.15, 0.2) is 23.1 Å². The number of carbonyl (C=O) groups is 1. The van der Waals surface area contributed by atoms with Crippen LogP contribution >= 0.6 is 12.4 Å². The molecule has 6 nitrogen and oxygen atoms in total. The lowest BCUT2D eigenvalue weighted by Gasteiger charge is -2.11. The summed E-state index contributed by atoms with van der Waals surface area (Å²) in [7, 11) is -3.78. The summed E-state index contributed by atoms with van der Waals surface area (Å²) < 4.78 is 22.9. The van der Waals surface area contributed by atoms with Crippen LogP contribution in [-0.4, -0.2) is 27.4 Å². The maximum absolute atomic E-state index is 11.9. The van der Waals surface area contributed by atoms with Crippen molar-refractivity contribution in [2.75, 3.05) is 18.4 Å². The van der Waals surface area contributed by atoms with E-state index in [2.05, 4.69) is 10.6 Å². The summed E-state index contributed by atoms with van der Waals surface area (Å²) in [6.45, 7) is 3.46. The van der Waals surface area contributed by atoms with E-state index in [1.54, 1.807) is 19.1 Å². The lowest BCUT2D eigenvalue weighted by Crippen LogP contribution is -2.19. The van der Waals surface area contributed by atoms with Gasteiger partial charge in [-0.2, -0.15) is 0 Å². The van der Waals surface area contributed by atoms with Gasteiger partial charge in [-0.3, -0.25) is 4.79 Å². The first-order chi connectivity index (χ1) is 9.36. The summed E-state index contributed by atoms with van der Waals surface area (Å²) in [6.07, 6.45) is 1.43. The predicted octanol–water partition coefficient (Wildman–Crippen LogP) is 1.00. The van der Waals surface area contributed by atoms with Gasteiger partial charge >= 0.3 is 0 Å². The molecule has 1 aromatic rings. The quantitative estimate of drug-likeness (QED) is 0.765. The Balaban J connectivity index is 0.00000220. The molecule has 1 amide bonds. The Hall–Kier alpha value is -1.15. The fourth-order valence-corrected chi connectivity index (χ4v) is 3.16. The zero-order valence-corrected chi connectivity index (χ0v) is 13.4. The standard InChI is InChI=1S/C13H19N3O3S.ClH/c1-9-2-3-11(7-12(9)20(14,18)19)16-13(17)6-10-4-5-15-8-10;/h2-3,7,10,15H,4-6,8H2,1H3,(H,16,17)(H2,14,18,19);1H. The predicted molar refractivity (Wildman–Crippen MR) is 84.0 cm³/mol. The minimum Gasteiger partial charge on any atom is -0.326 e. The third-order valence-electron chi connectivity index (χ3n) is 3.41. The van der Waals surface area contributed by atoms with Crippen LogP contribution < -0.4 is 15.8 Å². The van der Waals surface area contributed by atoms with Crippen LogP contribution in [0.3, 0.4) is 0 Å². The summed E-state index contributed by atoms with van der Waals surface area (Å²) in [5.41, 5.74) is 1.01. The van der Waals surface area contributed by atoms with Crippen LogP contribution in [0.25, 0.3) is 0 Å². The van der Waals surface area contributed by atoms with Crippen molar-refractivity contribution >= 4 is 34.0 Å². The number of aryl methyl sites for hydroxylation is 1. The molecule has 0 radical (unpaired) electrons. The number of primary sulfonamides is 1. The van der Waals surface area contributed by atoms with E-state index in [0.29, 0.717) is 23.6 Å². The normalized spacial score (nSPS) is 18.1. The van der Waals surface area contributed by atoms with Gasteiger partial charge in [-0.15, -0.1) is 12.4 Å². The highest BCUT2D eigenvalue weighted by atomic mass is 35.5. The minimum atomic E-state index is -3.78. The van der Waals surface area contributed by atoms with E-state index in [1.807, 2.05) is 0 Å². The Morgan fingerprint density at radius 3 is 2.76 bits per heavy atom. The second kappa shape index (κ2) is 7.22. The number of carbonyl (C=O) groups excluding carboxylic acids is 1. The van der Waals surface area contributed by atoms with E-state index in [4.69, 9.17) is 5.14 Å². The first-order valence-corrected chi connectivity index (χ1v) is 8.05. The lowest BCUT2D eigenvalue weighted by molar-refractivity contribution is -0.116. The van der Waals surface area contributed by atoms with Crippen molar-refractivity contribution in [3.8, 4) is 0 Å². The van der Waals surface area contributed by atoms with Gasteiger partial charge in [0.25, 0.3) is 0 Å². The first-order valence-electron chi connectivity index (χ1n) is 6.50. The third-order valence-corrected chi connectivity index (χ3v) is 4.47. The zero-order valence-electron chi connectivity index (χ0n) is 11.8. The molecule has 0 bridgehead atoms. The molecule has 1 aliphatic heterocycles. The average Bonchev–Trinajstić information content (AvgIpc) is 2.83. The number of hydrogen-bond donors (Lipinski definition) is 3. The number of amides is 1. The maximum Gasteiger partial charge on any atom is 0.238 e. The van der Waals surface area contributed by atoms with E-state index < -0.39 is 10.0 Å². The molecule has 4 N–H and O–H groups in total. The number of benzene rings is 1. The molecular formula is C13H20ClN3O3S. The van der Waals surface area contributed by atoms with Gasteiger partial charge in [-0.05, 0) is 50.0 Å². The molecule has 1 fully saturated rings. The van der Waals surface area contributed by atoms with Crippen molar-refractivity contribution in [2.45, 2.75) is 24.7 Å². The smallest absolute Gasteiger partial charge is 0.238 e. The maximum atomic E-state index is 11.9. The van der Waals surface area contributed by atoms with Crippen molar-refractivity contribution in [2.24, 2.45) is 11.1 Å². The monoisotopic (exact) mass is 333 g/mol. The Labute approximate surface area is 130 Å². The van der Waals surface area contributed by atoms with Gasteiger partial charge in [-0.25, -0.2) is 13.6 Å². The number of rotatable bonds is 4. The van der Waals surface area contributed by atoms with Crippen molar-refractivity contribution in [1.82, 2.24) is 5.32 Å². The van der Waals surface area contributed by atoms with Gasteiger partial charge in [0.2, 0.25) is 15.9 Å². The molecule has 1 unspecified atom stereocenters. The van der Waals surface area contributed by atoms with Gasteiger partial charge in [0.15, 0.2) is 0 Å². The largest absolute Gasteiger partial charge is 0.326 e. The van der Waals surface area contributed by atoms with E-state index in [1.165, 1.54) is 6.07 Å². The van der Waals surface area contributed by atoms with Gasteiger partial charge in [-0.1, -0.05) is 6.07 Å². The van der Waals surface area contributed by atoms with Gasteiger partial charge in [0.1, 0.15) is 0 Å². The first kappa shape index (κ1) is 17.9. The highest BCUT2D eigenvalue weighted by Crippen LogP contribution is 2.20. The van der Waals surface area contributed by atoms with Crippen molar-refractivity contribution in [3.63, 3.8) is 0 Å². The molecule has 1 saturated heterocycles. The van der Waals surface area contributed by atoms with E-state index in [0.717, 1.165) is 19.5 Å². The SMILES string of the molecule is Cc1ccc(NC(=O)CC2CCNC2)cc1S(N)(=O)=O.Cl. The summed E-state index contributed by atoms with van der Waals surface area (Å²) >= 11 is 0. The Kier molecular flexibility index (Phi) is 6.15. The Morgan fingerprint density at radius 2 is 2.19 bits per heavy atom. The average molecular weight is 334 g/mol. The number of nitrogens with two attached hydrogens (primary N) is 1. The summed E-state index contributed by atoms with van der Waals surface area (Å²) in [5, 5.41) is 11.1. The molecule has 2 rings (SSSR count). The highest BCUT2D eigenvalue weighted by Gasteiger charge is 2.18. The Morgan fingerprint density at radius 1 is 1.48 bits per heavy atom. The van der Waals surface area contributed by atoms with Crippen molar-refractivity contribution in [3.05, 3.63) is 23.8 Å². The number of anilines is 1. The summed E-state index contributed by atoms with van der Waals surface area (Å²) in [4.78, 5) is 11.9. The second-order valence-corrected chi connectivity index (χ2v) is 6.67. The second-order valence-electron chi connectivity index (χ2n) is 5.14. The third kappa shape index (κ3) is 4.96. The van der Waals surface area contributed by atoms with Crippen molar-refractivity contribution in [1.29, 1.82) is 0 Å². The number of hydrogen-bond acceptors (Lipinski definition) is 4. The van der Waals surface area contributed by atoms with Crippen LogP contribution in [0.2, 0.25) is 0 Å². The van der Waals surface area contributed by atoms with Gasteiger partial charge < -0.3 is 10.6 Å². The molecule has 1 aliphatic rings. The molecule has 1 heterocycles. The van der Waals surface area contributed by atoms with Crippen LogP contribution in [0.5, 0.6) is 0 Å². The molecular weight excluding hydrogens is 314 g/mol. The Bertz CT molecular complexity index is 613. The number of nitrogens with one attached hydrogen (secondary N) is 2. The molecule has 0 spiro atoms. The molecule has 0 aromatic heterocycles. The molecule has 0 aliphatic carbocycles. The molecule has 1 aromatic carbocycles. The summed E-state index contributed by atoms with van der Waals surface area (Å²) in [5.74, 6) is 0.237. The van der Waals surface area contributed by atoms with E-state index in [-0.39, 0.29) is 23.2 Å². The molecule has 21 heavy (non-hydrogen) atoms. The van der Waals surface area contributed by atoms with Crippen LogP contribution in [0, 0.1) is 12.8 Å². The van der Waals surface area contributed by atoms with Crippen LogP contribution in [0.1, 0.15) is 18.4 Å². The van der Waals surface area contributed by atoms with Crippen LogP contribution in [-0.2, 0) is 14.8 Å². The molecule has 0 saturated carbocycles. The minimum absolute atomic E-state index is 0. The molecule has 1 atom stereocenters. The van der Waals surface area contributed by atoms with Crippen LogP contribution in [0.4, 0.5) is 5.69 Å². The van der Waals surface area contributed by atoms with Crippen molar-refractivity contribution < 1.29 is 13.2 Å². The lowest BCUT2D eigenvalue weighted by atomic mass is 10.0. The van der Waals surface area contributed by atoms with E-state index >= 15 is 0 Å². The van der Waals surface area contributed by atoms with Gasteiger partial charge in [0.05, 0.1) is 4.90 Å². The fraction of sp³-hybridized carbons (Fsp3) is 0.462. The molecule has 118 valence electrons. The molecule has 8 heteroatoms. The number of halogens is 1. The topological polar surface area (TPSA) is 101 Å². The highest BCUT2D eigenvalue weighted by molar-refractivity contribution is 7.89. The van der Waals surface area contributed by atoms with E-state index in [9.17, 15) is 13.2 Å².